The smallest absolute Gasteiger partial charge is 0.357 e. The van der Waals surface area contributed by atoms with Gasteiger partial charge in [0.05, 0.1) is 11.8 Å². The van der Waals surface area contributed by atoms with Gasteiger partial charge in [-0.2, -0.15) is 17.2 Å². The van der Waals surface area contributed by atoms with Crippen molar-refractivity contribution < 1.29 is 36.4 Å². The quantitative estimate of drug-likeness (QED) is 0.173. The normalized spacial score (nSPS) is 31.9. The van der Waals surface area contributed by atoms with Crippen LogP contribution in [0.2, 0.25) is 0 Å². The molecule has 1 aromatic rings. The van der Waals surface area contributed by atoms with Crippen LogP contribution in [-0.2, 0) is 16.7 Å². The van der Waals surface area contributed by atoms with Crippen LogP contribution in [0.15, 0.2) is 42.3 Å². The third-order valence-electron chi connectivity index (χ3n) is 9.15. The number of benzene rings is 1. The van der Waals surface area contributed by atoms with Crippen LogP contribution < -0.4 is 4.72 Å². The van der Waals surface area contributed by atoms with E-state index in [0.29, 0.717) is 24.9 Å². The lowest BCUT2D eigenvalue weighted by Crippen LogP contribution is -2.50. The van der Waals surface area contributed by atoms with Crippen LogP contribution in [0.1, 0.15) is 81.8 Å². The standard InChI is InChI=1S/C27H36F3NO5S/c1-26-14-12-20-19-8-7-18(31-37(34,35)36)16-17(19)11-15-27(20,22(26)9-10-23(26)33)13-5-3-2-4-6-21(32)24(28)25(29)30/h5,7-8,13,16,20-23,31-33H,2-4,6,9-12,14-15H2,1H3,(H,34,35,36)/t20?,21-,22?,23-,26-,27?/m0/s1. The van der Waals surface area contributed by atoms with E-state index in [1.54, 1.807) is 12.1 Å². The van der Waals surface area contributed by atoms with E-state index in [9.17, 15) is 31.8 Å². The van der Waals surface area contributed by atoms with Gasteiger partial charge in [-0.25, -0.2) is 4.39 Å². The molecule has 4 N–H and O–H groups in total. The first-order valence-corrected chi connectivity index (χ1v) is 14.4. The summed E-state index contributed by atoms with van der Waals surface area (Å²) in [4.78, 5) is 0. The Kier molecular flexibility index (Phi) is 8.14. The second-order valence-electron chi connectivity index (χ2n) is 11.2. The molecule has 10 heteroatoms. The number of aliphatic hydroxyl groups is 2. The zero-order valence-corrected chi connectivity index (χ0v) is 21.8. The van der Waals surface area contributed by atoms with Crippen molar-refractivity contribution in [3.63, 3.8) is 0 Å². The zero-order chi connectivity index (χ0) is 27.0. The molecule has 3 unspecified atom stereocenters. The van der Waals surface area contributed by atoms with Gasteiger partial charge in [0.2, 0.25) is 0 Å². The van der Waals surface area contributed by atoms with Gasteiger partial charge < -0.3 is 10.2 Å². The summed E-state index contributed by atoms with van der Waals surface area (Å²) in [6, 6.07) is 5.40. The van der Waals surface area contributed by atoms with E-state index in [-0.39, 0.29) is 35.2 Å². The second kappa shape index (κ2) is 10.7. The highest BCUT2D eigenvalue weighted by molar-refractivity contribution is 7.87. The average molecular weight is 544 g/mol. The first-order chi connectivity index (χ1) is 17.4. The van der Waals surface area contributed by atoms with Gasteiger partial charge in [0.25, 0.3) is 0 Å². The van der Waals surface area contributed by atoms with E-state index in [4.69, 9.17) is 4.55 Å². The molecule has 3 aliphatic carbocycles. The summed E-state index contributed by atoms with van der Waals surface area (Å²) in [7, 11) is -4.36. The van der Waals surface area contributed by atoms with Gasteiger partial charge in [0.15, 0.2) is 5.83 Å². The maximum atomic E-state index is 13.1. The molecule has 1 aromatic carbocycles. The number of halogens is 3. The van der Waals surface area contributed by atoms with Gasteiger partial charge in [-0.1, -0.05) is 31.6 Å². The fourth-order valence-electron chi connectivity index (χ4n) is 7.40. The van der Waals surface area contributed by atoms with Crippen molar-refractivity contribution in [3.05, 3.63) is 53.4 Å². The van der Waals surface area contributed by atoms with Gasteiger partial charge in [0.1, 0.15) is 6.10 Å². The molecule has 0 bridgehead atoms. The van der Waals surface area contributed by atoms with Crippen LogP contribution in [-0.4, -0.2) is 35.4 Å². The Morgan fingerprint density at radius 1 is 1.19 bits per heavy atom. The topological polar surface area (TPSA) is 107 Å². The molecular formula is C27H36F3NO5S. The Morgan fingerprint density at radius 2 is 1.95 bits per heavy atom. The first-order valence-electron chi connectivity index (χ1n) is 13.0. The van der Waals surface area contributed by atoms with Crippen LogP contribution in [0.4, 0.5) is 18.9 Å². The lowest BCUT2D eigenvalue weighted by atomic mass is 9.47. The summed E-state index contributed by atoms with van der Waals surface area (Å²) >= 11 is 0. The molecule has 0 heterocycles. The molecule has 0 aliphatic heterocycles. The zero-order valence-electron chi connectivity index (χ0n) is 21.0. The van der Waals surface area contributed by atoms with Gasteiger partial charge in [-0.3, -0.25) is 9.27 Å². The SMILES string of the molecule is C[C@]12CCC3c4ccc(NS(=O)(=O)O)cc4CCC3(C=CCCCC[C@H](O)C(F)=C(F)F)C1CC[C@@H]2O. The van der Waals surface area contributed by atoms with Crippen LogP contribution in [0, 0.1) is 16.7 Å². The number of aryl methyl sites for hydroxylation is 1. The Hall–Kier alpha value is -1.88. The molecule has 0 amide bonds. The van der Waals surface area contributed by atoms with Gasteiger partial charge >= 0.3 is 16.4 Å². The molecule has 206 valence electrons. The molecule has 3 aliphatic rings. The van der Waals surface area contributed by atoms with E-state index in [2.05, 4.69) is 23.8 Å². The number of fused-ring (bicyclic) bond motifs is 5. The molecule has 2 saturated carbocycles. The Bertz CT molecular complexity index is 1170. The third kappa shape index (κ3) is 5.62. The van der Waals surface area contributed by atoms with Gasteiger partial charge in [0, 0.05) is 0 Å². The van der Waals surface area contributed by atoms with Crippen LogP contribution >= 0.6 is 0 Å². The predicted octanol–water partition coefficient (Wildman–Crippen LogP) is 6.04. The van der Waals surface area contributed by atoms with Crippen LogP contribution in [0.3, 0.4) is 0 Å². The highest BCUT2D eigenvalue weighted by atomic mass is 32.2. The van der Waals surface area contributed by atoms with Gasteiger partial charge in [-0.05, 0) is 104 Å². The van der Waals surface area contributed by atoms with Crippen molar-refractivity contribution in [3.8, 4) is 0 Å². The summed E-state index contributed by atoms with van der Waals surface area (Å²) < 4.78 is 71.6. The molecule has 0 spiro atoms. The van der Waals surface area contributed by atoms with Crippen molar-refractivity contribution >= 4 is 16.0 Å². The predicted molar refractivity (Wildman–Crippen MR) is 135 cm³/mol. The lowest BCUT2D eigenvalue weighted by molar-refractivity contribution is -0.0530. The van der Waals surface area contributed by atoms with E-state index in [0.717, 1.165) is 44.1 Å². The Morgan fingerprint density at radius 3 is 2.65 bits per heavy atom. The molecule has 37 heavy (non-hydrogen) atoms. The molecule has 2 fully saturated rings. The van der Waals surface area contributed by atoms with E-state index >= 15 is 0 Å². The minimum atomic E-state index is -4.36. The minimum Gasteiger partial charge on any atom is -0.393 e. The minimum absolute atomic E-state index is 0.0645. The van der Waals surface area contributed by atoms with E-state index in [1.165, 1.54) is 5.56 Å². The lowest BCUT2D eigenvalue weighted by Gasteiger charge is -2.57. The van der Waals surface area contributed by atoms with Crippen LogP contribution in [0.5, 0.6) is 0 Å². The Labute approximate surface area is 216 Å². The van der Waals surface area contributed by atoms with Crippen molar-refractivity contribution in [2.24, 2.45) is 16.7 Å². The molecule has 6 atom stereocenters. The van der Waals surface area contributed by atoms with Crippen molar-refractivity contribution in [2.45, 2.75) is 89.3 Å². The van der Waals surface area contributed by atoms with Crippen LogP contribution in [0.25, 0.3) is 0 Å². The highest BCUT2D eigenvalue weighted by Gasteiger charge is 2.60. The van der Waals surface area contributed by atoms with Gasteiger partial charge in [-0.15, -0.1) is 0 Å². The van der Waals surface area contributed by atoms with Crippen molar-refractivity contribution in [1.82, 2.24) is 0 Å². The maximum absolute atomic E-state index is 13.1. The summed E-state index contributed by atoms with van der Waals surface area (Å²) in [6.07, 6.45) is 6.46. The number of unbranched alkanes of at least 4 members (excludes halogenated alkanes) is 2. The highest BCUT2D eigenvalue weighted by Crippen LogP contribution is 2.67. The fraction of sp³-hybridized carbons (Fsp3) is 0.630. The third-order valence-corrected chi connectivity index (χ3v) is 9.64. The number of nitrogens with one attached hydrogen (secondary N) is 1. The molecule has 0 aromatic heterocycles. The van der Waals surface area contributed by atoms with Crippen molar-refractivity contribution in [1.29, 1.82) is 0 Å². The van der Waals surface area contributed by atoms with Crippen molar-refractivity contribution in [2.75, 3.05) is 4.72 Å². The Balaban J connectivity index is 1.54. The average Bonchev–Trinajstić information content (AvgIpc) is 3.14. The van der Waals surface area contributed by atoms with E-state index < -0.39 is 28.3 Å². The molecular weight excluding hydrogens is 507 g/mol. The largest absolute Gasteiger partial charge is 0.393 e. The fourth-order valence-corrected chi connectivity index (χ4v) is 7.82. The molecule has 0 radical (unpaired) electrons. The number of allylic oxidation sites excluding steroid dienone is 2. The summed E-state index contributed by atoms with van der Waals surface area (Å²) in [5.41, 5.74) is 2.17. The summed E-state index contributed by atoms with van der Waals surface area (Å²) in [5, 5.41) is 20.4. The monoisotopic (exact) mass is 543 g/mol. The second-order valence-corrected chi connectivity index (χ2v) is 12.3. The molecule has 0 saturated heterocycles. The molecule has 6 nitrogen and oxygen atoms in total. The first kappa shape index (κ1) is 28.1. The summed E-state index contributed by atoms with van der Waals surface area (Å²) in [6.45, 7) is 2.18. The summed E-state index contributed by atoms with van der Waals surface area (Å²) in [5.74, 6) is -1.28. The number of hydrogen-bond acceptors (Lipinski definition) is 4. The van der Waals surface area contributed by atoms with E-state index in [1.807, 2.05) is 6.07 Å². The number of aliphatic hydroxyl groups excluding tert-OH is 2. The number of rotatable bonds is 9. The molecule has 4 rings (SSSR count). The number of hydrogen-bond donors (Lipinski definition) is 4. The number of anilines is 1. The maximum Gasteiger partial charge on any atom is 0.357 e.